The smallest absolute Gasteiger partial charge is 0.0169 e. The second kappa shape index (κ2) is 11.5. The Morgan fingerprint density at radius 2 is 1.74 bits per heavy atom. The first kappa shape index (κ1) is 17.4. The summed E-state index contributed by atoms with van der Waals surface area (Å²) in [6.45, 7) is 12.3. The van der Waals surface area contributed by atoms with Crippen molar-refractivity contribution in [2.24, 2.45) is 11.8 Å². The number of hydrogen-bond donors (Lipinski definition) is 2. The summed E-state index contributed by atoms with van der Waals surface area (Å²) in [5, 5.41) is 0. The molecule has 0 aromatic heterocycles. The summed E-state index contributed by atoms with van der Waals surface area (Å²) in [4.78, 5) is 0. The Hall–Kier alpha value is -1.64. The van der Waals surface area contributed by atoms with Crippen molar-refractivity contribution < 1.29 is 0 Å². The summed E-state index contributed by atoms with van der Waals surface area (Å²) in [5.74, 6) is 5.81. The molecular weight excluding hydrogens is 232 g/mol. The van der Waals surface area contributed by atoms with Gasteiger partial charge in [-0.3, -0.25) is 11.3 Å². The van der Waals surface area contributed by atoms with E-state index in [1.807, 2.05) is 50.3 Å². The molecule has 0 saturated carbocycles. The van der Waals surface area contributed by atoms with Crippen LogP contribution in [0.15, 0.2) is 72.9 Å². The van der Waals surface area contributed by atoms with E-state index >= 15 is 0 Å². The molecule has 0 radical (unpaired) electrons. The van der Waals surface area contributed by atoms with E-state index in [4.69, 9.17) is 5.84 Å². The van der Waals surface area contributed by atoms with Crippen molar-refractivity contribution in [2.45, 2.75) is 20.3 Å². The van der Waals surface area contributed by atoms with Gasteiger partial charge < -0.3 is 0 Å². The number of nitrogens with one attached hydrogen (secondary N) is 1. The van der Waals surface area contributed by atoms with Crippen molar-refractivity contribution >= 4 is 0 Å². The molecule has 104 valence electrons. The molecule has 2 nitrogen and oxygen atoms in total. The van der Waals surface area contributed by atoms with Crippen LogP contribution in [0, 0.1) is 5.92 Å². The molecule has 0 saturated heterocycles. The Morgan fingerprint density at radius 3 is 2.21 bits per heavy atom. The van der Waals surface area contributed by atoms with E-state index in [1.165, 1.54) is 11.1 Å². The summed E-state index contributed by atoms with van der Waals surface area (Å²) in [5.41, 5.74) is 5.22. The molecule has 0 fully saturated rings. The molecule has 3 N–H and O–H groups in total. The predicted molar refractivity (Wildman–Crippen MR) is 86.5 cm³/mol. The molecule has 0 bridgehead atoms. The Morgan fingerprint density at radius 1 is 1.11 bits per heavy atom. The second-order valence-electron chi connectivity index (χ2n) is 4.19. The van der Waals surface area contributed by atoms with Gasteiger partial charge in [-0.05, 0) is 31.4 Å². The molecule has 0 amide bonds. The molecule has 0 rings (SSSR count). The van der Waals surface area contributed by atoms with Crippen LogP contribution >= 0.6 is 0 Å². The summed E-state index contributed by atoms with van der Waals surface area (Å²) in [6.07, 6.45) is 16.9. The van der Waals surface area contributed by atoms with Crippen molar-refractivity contribution in [3.05, 3.63) is 72.9 Å². The fraction of sp³-hybridized carbons (Fsp3) is 0.294. The van der Waals surface area contributed by atoms with Crippen LogP contribution in [-0.4, -0.2) is 6.54 Å². The zero-order valence-electron chi connectivity index (χ0n) is 12.1. The zero-order valence-corrected chi connectivity index (χ0v) is 12.1. The van der Waals surface area contributed by atoms with Gasteiger partial charge in [-0.15, -0.1) is 0 Å². The fourth-order valence-corrected chi connectivity index (χ4v) is 1.95. The quantitative estimate of drug-likeness (QED) is 0.375. The Kier molecular flexibility index (Phi) is 10.5. The minimum atomic E-state index is 0.307. The van der Waals surface area contributed by atoms with Crippen LogP contribution in [-0.2, 0) is 0 Å². The van der Waals surface area contributed by atoms with E-state index < -0.39 is 0 Å². The van der Waals surface area contributed by atoms with Crippen molar-refractivity contribution in [2.75, 3.05) is 6.54 Å². The number of allylic oxidation sites excluding steroid dienone is 9. The van der Waals surface area contributed by atoms with Gasteiger partial charge in [0, 0.05) is 12.5 Å². The van der Waals surface area contributed by atoms with Gasteiger partial charge in [-0.1, -0.05) is 61.8 Å². The molecule has 19 heavy (non-hydrogen) atoms. The number of hydrogen-bond acceptors (Lipinski definition) is 2. The number of rotatable bonds is 9. The largest absolute Gasteiger partial charge is 0.271 e. The highest BCUT2D eigenvalue weighted by Gasteiger charge is 2.12. The highest BCUT2D eigenvalue weighted by Crippen LogP contribution is 2.22. The van der Waals surface area contributed by atoms with E-state index in [0.717, 1.165) is 13.0 Å². The Balaban J connectivity index is 5.17. The maximum atomic E-state index is 5.50. The van der Waals surface area contributed by atoms with Gasteiger partial charge in [0.25, 0.3) is 0 Å². The molecule has 0 aromatic rings. The average Bonchev–Trinajstić information content (AvgIpc) is 2.38. The van der Waals surface area contributed by atoms with E-state index in [1.54, 1.807) is 0 Å². The van der Waals surface area contributed by atoms with Crippen LogP contribution in [0.5, 0.6) is 0 Å². The van der Waals surface area contributed by atoms with Crippen LogP contribution in [0.1, 0.15) is 20.3 Å². The third kappa shape index (κ3) is 7.39. The third-order valence-corrected chi connectivity index (χ3v) is 2.70. The maximum Gasteiger partial charge on any atom is 0.0169 e. The first-order valence-corrected chi connectivity index (χ1v) is 6.56. The summed E-state index contributed by atoms with van der Waals surface area (Å²) in [7, 11) is 0. The molecule has 1 unspecified atom stereocenters. The van der Waals surface area contributed by atoms with E-state index in [0.29, 0.717) is 5.92 Å². The monoisotopic (exact) mass is 258 g/mol. The second-order valence-corrected chi connectivity index (χ2v) is 4.19. The lowest BCUT2D eigenvalue weighted by molar-refractivity contribution is 0.555. The van der Waals surface area contributed by atoms with Gasteiger partial charge in [0.2, 0.25) is 0 Å². The van der Waals surface area contributed by atoms with Crippen molar-refractivity contribution in [3.63, 3.8) is 0 Å². The maximum absolute atomic E-state index is 5.50. The summed E-state index contributed by atoms with van der Waals surface area (Å²) in [6, 6.07) is 0. The van der Waals surface area contributed by atoms with Gasteiger partial charge in [0.15, 0.2) is 0 Å². The molecule has 0 aliphatic heterocycles. The zero-order chi connectivity index (χ0) is 14.5. The SMILES string of the molecule is C=C/C=C(\C=C/C)CC(CNN)C(/C=C\C)=C/C=C. The topological polar surface area (TPSA) is 38.0 Å². The van der Waals surface area contributed by atoms with Gasteiger partial charge in [0.05, 0.1) is 0 Å². The normalized spacial score (nSPS) is 15.1. The highest BCUT2D eigenvalue weighted by molar-refractivity contribution is 5.30. The lowest BCUT2D eigenvalue weighted by Crippen LogP contribution is -2.29. The van der Waals surface area contributed by atoms with Crippen molar-refractivity contribution in [1.82, 2.24) is 5.43 Å². The average molecular weight is 258 g/mol. The molecule has 0 aliphatic carbocycles. The molecule has 1 atom stereocenters. The van der Waals surface area contributed by atoms with Crippen molar-refractivity contribution in [1.29, 1.82) is 0 Å². The van der Waals surface area contributed by atoms with Gasteiger partial charge in [-0.2, -0.15) is 0 Å². The minimum absolute atomic E-state index is 0.307. The van der Waals surface area contributed by atoms with Gasteiger partial charge in [-0.25, -0.2) is 0 Å². The van der Waals surface area contributed by atoms with E-state index in [-0.39, 0.29) is 0 Å². The molecule has 0 spiro atoms. The van der Waals surface area contributed by atoms with Crippen LogP contribution < -0.4 is 11.3 Å². The number of hydrazine groups is 1. The fourth-order valence-electron chi connectivity index (χ4n) is 1.95. The van der Waals surface area contributed by atoms with Gasteiger partial charge >= 0.3 is 0 Å². The van der Waals surface area contributed by atoms with E-state index in [9.17, 15) is 0 Å². The van der Waals surface area contributed by atoms with Crippen molar-refractivity contribution in [3.8, 4) is 0 Å². The van der Waals surface area contributed by atoms with Crippen LogP contribution in [0.25, 0.3) is 0 Å². The first-order chi connectivity index (χ1) is 9.23. The van der Waals surface area contributed by atoms with Crippen LogP contribution in [0.4, 0.5) is 0 Å². The lowest BCUT2D eigenvalue weighted by atomic mass is 9.90. The Bertz CT molecular complexity index is 384. The number of nitrogens with two attached hydrogens (primary N) is 1. The van der Waals surface area contributed by atoms with E-state index in [2.05, 4.69) is 30.7 Å². The van der Waals surface area contributed by atoms with Crippen LogP contribution in [0.2, 0.25) is 0 Å². The standard InChI is InChI=1S/C17H26N2/c1-5-9-15(10-6-2)13-17(14-19-18)16(11-7-3)12-8-4/h5-12,17,19H,1,3,13-14,18H2,2,4H3/b10-6-,12-8-,15-9+,16-11+. The van der Waals surface area contributed by atoms with Crippen LogP contribution in [0.3, 0.4) is 0 Å². The predicted octanol–water partition coefficient (Wildman–Crippen LogP) is 3.83. The Labute approximate surface area is 117 Å². The molecule has 0 aromatic carbocycles. The summed E-state index contributed by atoms with van der Waals surface area (Å²) >= 11 is 0. The first-order valence-electron chi connectivity index (χ1n) is 6.56. The third-order valence-electron chi connectivity index (χ3n) is 2.70. The molecule has 0 aliphatic rings. The molecule has 2 heteroatoms. The highest BCUT2D eigenvalue weighted by atomic mass is 15.2. The summed E-state index contributed by atoms with van der Waals surface area (Å²) < 4.78 is 0. The van der Waals surface area contributed by atoms with Gasteiger partial charge in [0.1, 0.15) is 0 Å². The lowest BCUT2D eigenvalue weighted by Gasteiger charge is -2.18. The minimum Gasteiger partial charge on any atom is -0.271 e. The molecule has 0 heterocycles. The molecular formula is C17H26N2.